The normalized spacial score (nSPS) is 12.0. The second-order valence-corrected chi connectivity index (χ2v) is 7.00. The zero-order valence-corrected chi connectivity index (χ0v) is 16.6. The molecule has 2 heterocycles. The van der Waals surface area contributed by atoms with Crippen LogP contribution in [0.3, 0.4) is 0 Å². The van der Waals surface area contributed by atoms with Crippen molar-refractivity contribution in [2.45, 2.75) is 27.3 Å². The molecular weight excluding hydrogens is 368 g/mol. The van der Waals surface area contributed by atoms with Crippen LogP contribution in [0.1, 0.15) is 33.0 Å². The van der Waals surface area contributed by atoms with Gasteiger partial charge in [-0.2, -0.15) is 0 Å². The summed E-state index contributed by atoms with van der Waals surface area (Å²) >= 11 is 0. The number of rotatable bonds is 5. The van der Waals surface area contributed by atoms with Crippen molar-refractivity contribution in [2.24, 2.45) is 0 Å². The molecule has 4 rings (SSSR count). The van der Waals surface area contributed by atoms with Crippen LogP contribution in [0.4, 0.5) is 11.5 Å². The lowest BCUT2D eigenvalue weighted by atomic mass is 10.1. The molecule has 0 saturated heterocycles. The molecule has 29 heavy (non-hydrogen) atoms. The van der Waals surface area contributed by atoms with Crippen LogP contribution in [-0.4, -0.2) is 22.7 Å². The number of nitrogens with zero attached hydrogens (tertiary/aromatic N) is 2. The van der Waals surface area contributed by atoms with Crippen LogP contribution >= 0.6 is 0 Å². The standard InChI is InChI=1S/C22H22N4O3/c1-13-4-6-17(14(2)8-13)26-21-10-18(24-15(3)25-21)22(27)23-11-16-5-7-19-20(9-16)29-12-28-19/h4-10H,11-12H2,1-3H3,(H,23,27)(H,24,25,26). The van der Waals surface area contributed by atoms with E-state index in [4.69, 9.17) is 9.47 Å². The van der Waals surface area contributed by atoms with E-state index in [0.29, 0.717) is 35.4 Å². The Labute approximate surface area is 169 Å². The third-order valence-electron chi connectivity index (χ3n) is 4.61. The monoisotopic (exact) mass is 390 g/mol. The molecule has 0 saturated carbocycles. The first-order chi connectivity index (χ1) is 14.0. The fraction of sp³-hybridized carbons (Fsp3) is 0.227. The van der Waals surface area contributed by atoms with Gasteiger partial charge in [0, 0.05) is 18.3 Å². The Kier molecular flexibility index (Phi) is 5.03. The summed E-state index contributed by atoms with van der Waals surface area (Å²) in [5, 5.41) is 6.17. The van der Waals surface area contributed by atoms with E-state index in [1.165, 1.54) is 5.56 Å². The van der Waals surface area contributed by atoms with Gasteiger partial charge in [-0.15, -0.1) is 0 Å². The predicted molar refractivity (Wildman–Crippen MR) is 110 cm³/mol. The highest BCUT2D eigenvalue weighted by molar-refractivity contribution is 5.93. The highest BCUT2D eigenvalue weighted by atomic mass is 16.7. The number of ether oxygens (including phenoxy) is 2. The first-order valence-electron chi connectivity index (χ1n) is 9.34. The van der Waals surface area contributed by atoms with Crippen molar-refractivity contribution in [1.82, 2.24) is 15.3 Å². The van der Waals surface area contributed by atoms with Gasteiger partial charge in [0.1, 0.15) is 17.3 Å². The molecule has 1 amide bonds. The number of anilines is 2. The van der Waals surface area contributed by atoms with Crippen LogP contribution in [0.2, 0.25) is 0 Å². The number of nitrogens with one attached hydrogen (secondary N) is 2. The molecule has 0 atom stereocenters. The van der Waals surface area contributed by atoms with E-state index in [0.717, 1.165) is 16.8 Å². The highest BCUT2D eigenvalue weighted by Crippen LogP contribution is 2.32. The van der Waals surface area contributed by atoms with Gasteiger partial charge in [0.2, 0.25) is 6.79 Å². The first-order valence-corrected chi connectivity index (χ1v) is 9.34. The van der Waals surface area contributed by atoms with E-state index in [1.54, 1.807) is 13.0 Å². The van der Waals surface area contributed by atoms with Crippen molar-refractivity contribution in [3.8, 4) is 11.5 Å². The number of carbonyl (C=O) groups excluding carboxylic acids is 1. The van der Waals surface area contributed by atoms with E-state index in [1.807, 2.05) is 44.2 Å². The van der Waals surface area contributed by atoms with Crippen molar-refractivity contribution in [1.29, 1.82) is 0 Å². The number of carbonyl (C=O) groups is 1. The Morgan fingerprint density at radius 1 is 1.00 bits per heavy atom. The lowest BCUT2D eigenvalue weighted by Crippen LogP contribution is -2.24. The second-order valence-electron chi connectivity index (χ2n) is 7.00. The van der Waals surface area contributed by atoms with Crippen LogP contribution < -0.4 is 20.1 Å². The molecule has 0 fully saturated rings. The molecule has 1 aliphatic rings. The molecule has 0 radical (unpaired) electrons. The molecule has 0 unspecified atom stereocenters. The van der Waals surface area contributed by atoms with Gasteiger partial charge in [-0.25, -0.2) is 9.97 Å². The molecule has 1 aromatic heterocycles. The molecule has 148 valence electrons. The maximum atomic E-state index is 12.6. The Morgan fingerprint density at radius 3 is 2.66 bits per heavy atom. The summed E-state index contributed by atoms with van der Waals surface area (Å²) in [6.07, 6.45) is 0. The summed E-state index contributed by atoms with van der Waals surface area (Å²) in [7, 11) is 0. The molecule has 2 N–H and O–H groups in total. The van der Waals surface area contributed by atoms with Gasteiger partial charge in [-0.05, 0) is 50.1 Å². The molecule has 0 bridgehead atoms. The third-order valence-corrected chi connectivity index (χ3v) is 4.61. The van der Waals surface area contributed by atoms with E-state index >= 15 is 0 Å². The zero-order valence-electron chi connectivity index (χ0n) is 16.6. The molecule has 1 aliphatic heterocycles. The maximum Gasteiger partial charge on any atom is 0.270 e. The topological polar surface area (TPSA) is 85.4 Å². The summed E-state index contributed by atoms with van der Waals surface area (Å²) in [5.41, 5.74) is 4.47. The number of benzene rings is 2. The van der Waals surface area contributed by atoms with E-state index < -0.39 is 0 Å². The van der Waals surface area contributed by atoms with Crippen molar-refractivity contribution in [3.05, 3.63) is 70.7 Å². The molecule has 3 aromatic rings. The van der Waals surface area contributed by atoms with Crippen molar-refractivity contribution >= 4 is 17.4 Å². The molecule has 2 aromatic carbocycles. The minimum atomic E-state index is -0.267. The average Bonchev–Trinajstić information content (AvgIpc) is 3.15. The lowest BCUT2D eigenvalue weighted by molar-refractivity contribution is 0.0945. The predicted octanol–water partition coefficient (Wildman–Crippen LogP) is 3.80. The minimum Gasteiger partial charge on any atom is -0.454 e. The van der Waals surface area contributed by atoms with Gasteiger partial charge in [0.15, 0.2) is 11.5 Å². The largest absolute Gasteiger partial charge is 0.454 e. The van der Waals surface area contributed by atoms with Crippen molar-refractivity contribution in [3.63, 3.8) is 0 Å². The van der Waals surface area contributed by atoms with E-state index in [2.05, 4.69) is 26.7 Å². The number of aryl methyl sites for hydroxylation is 3. The summed E-state index contributed by atoms with van der Waals surface area (Å²) in [6.45, 7) is 6.43. The lowest BCUT2D eigenvalue weighted by Gasteiger charge is -2.12. The molecular formula is C22H22N4O3. The summed E-state index contributed by atoms with van der Waals surface area (Å²) in [5.74, 6) is 2.24. The van der Waals surface area contributed by atoms with Crippen LogP contribution in [-0.2, 0) is 6.54 Å². The maximum absolute atomic E-state index is 12.6. The quantitative estimate of drug-likeness (QED) is 0.689. The smallest absolute Gasteiger partial charge is 0.270 e. The van der Waals surface area contributed by atoms with Crippen LogP contribution in [0.5, 0.6) is 11.5 Å². The van der Waals surface area contributed by atoms with Crippen LogP contribution in [0.15, 0.2) is 42.5 Å². The number of amides is 1. The number of fused-ring (bicyclic) bond motifs is 1. The second kappa shape index (κ2) is 7.79. The number of hydrogen-bond donors (Lipinski definition) is 2. The van der Waals surface area contributed by atoms with Crippen LogP contribution in [0.25, 0.3) is 0 Å². The van der Waals surface area contributed by atoms with Crippen molar-refractivity contribution < 1.29 is 14.3 Å². The van der Waals surface area contributed by atoms with Gasteiger partial charge >= 0.3 is 0 Å². The minimum absolute atomic E-state index is 0.224. The fourth-order valence-corrected chi connectivity index (χ4v) is 3.16. The molecule has 7 heteroatoms. The number of hydrogen-bond acceptors (Lipinski definition) is 6. The Morgan fingerprint density at radius 2 is 1.83 bits per heavy atom. The highest BCUT2D eigenvalue weighted by Gasteiger charge is 2.15. The molecule has 0 aliphatic carbocycles. The van der Waals surface area contributed by atoms with E-state index in [-0.39, 0.29) is 12.7 Å². The Hall–Kier alpha value is -3.61. The van der Waals surface area contributed by atoms with Gasteiger partial charge < -0.3 is 20.1 Å². The Bertz CT molecular complexity index is 1080. The van der Waals surface area contributed by atoms with Gasteiger partial charge in [-0.3, -0.25) is 4.79 Å². The number of aromatic nitrogens is 2. The van der Waals surface area contributed by atoms with Gasteiger partial charge in [0.25, 0.3) is 5.91 Å². The molecule has 7 nitrogen and oxygen atoms in total. The SMILES string of the molecule is Cc1ccc(Nc2cc(C(=O)NCc3ccc4c(c3)OCO4)nc(C)n2)c(C)c1. The van der Waals surface area contributed by atoms with Crippen molar-refractivity contribution in [2.75, 3.05) is 12.1 Å². The summed E-state index contributed by atoms with van der Waals surface area (Å²) in [4.78, 5) is 21.3. The third kappa shape index (κ3) is 4.29. The average molecular weight is 390 g/mol. The Balaban J connectivity index is 1.47. The fourth-order valence-electron chi connectivity index (χ4n) is 3.16. The molecule has 0 spiro atoms. The zero-order chi connectivity index (χ0) is 20.4. The van der Waals surface area contributed by atoms with E-state index in [9.17, 15) is 4.79 Å². The van der Waals surface area contributed by atoms with Gasteiger partial charge in [-0.1, -0.05) is 23.8 Å². The van der Waals surface area contributed by atoms with Crippen LogP contribution in [0, 0.1) is 20.8 Å². The summed E-state index contributed by atoms with van der Waals surface area (Å²) in [6, 6.07) is 13.4. The van der Waals surface area contributed by atoms with Gasteiger partial charge in [0.05, 0.1) is 0 Å². The summed E-state index contributed by atoms with van der Waals surface area (Å²) < 4.78 is 10.7. The first kappa shape index (κ1) is 18.7.